The molecule has 96 valence electrons. The van der Waals surface area contributed by atoms with Crippen LogP contribution in [0.15, 0.2) is 48.5 Å². The number of para-hydroxylation sites is 2. The highest BCUT2D eigenvalue weighted by Gasteiger charge is 2.05. The Morgan fingerprint density at radius 1 is 1.05 bits per heavy atom. The molecule has 0 aliphatic carbocycles. The summed E-state index contributed by atoms with van der Waals surface area (Å²) in [4.78, 5) is 4.62. The number of anilines is 2. The summed E-state index contributed by atoms with van der Waals surface area (Å²) in [5.74, 6) is 0. The molecule has 0 atom stereocenters. The van der Waals surface area contributed by atoms with E-state index in [2.05, 4.69) is 59.7 Å². The minimum absolute atomic E-state index is 0.963. The van der Waals surface area contributed by atoms with E-state index in [4.69, 9.17) is 0 Å². The molecular formula is C16H16N2S. The maximum absolute atomic E-state index is 4.62. The predicted molar refractivity (Wildman–Crippen MR) is 83.3 cm³/mol. The van der Waals surface area contributed by atoms with Crippen LogP contribution in [0.4, 0.5) is 10.8 Å². The topological polar surface area (TPSA) is 24.9 Å². The van der Waals surface area contributed by atoms with Gasteiger partial charge >= 0.3 is 0 Å². The lowest BCUT2D eigenvalue weighted by molar-refractivity contribution is 0.923. The number of nitrogens with zero attached hydrogens (tertiary/aromatic N) is 1. The van der Waals surface area contributed by atoms with E-state index in [1.807, 2.05) is 6.07 Å². The Morgan fingerprint density at radius 2 is 1.84 bits per heavy atom. The van der Waals surface area contributed by atoms with Gasteiger partial charge in [-0.15, -0.1) is 0 Å². The smallest absolute Gasteiger partial charge is 0.188 e. The molecule has 0 bridgehead atoms. The number of aromatic nitrogens is 1. The number of thiazole rings is 1. The summed E-state index contributed by atoms with van der Waals surface area (Å²) in [6, 6.07) is 16.7. The number of aryl methyl sites for hydroxylation is 1. The van der Waals surface area contributed by atoms with E-state index >= 15 is 0 Å². The van der Waals surface area contributed by atoms with Crippen molar-refractivity contribution in [2.24, 2.45) is 0 Å². The SMILES string of the molecule is CCCc1ccccc1Nc1nc2ccccc2s1. The largest absolute Gasteiger partial charge is 0.331 e. The number of hydrogen-bond donors (Lipinski definition) is 1. The zero-order chi connectivity index (χ0) is 13.1. The van der Waals surface area contributed by atoms with E-state index in [-0.39, 0.29) is 0 Å². The first-order chi connectivity index (χ1) is 9.36. The van der Waals surface area contributed by atoms with Gasteiger partial charge in [0.15, 0.2) is 5.13 Å². The van der Waals surface area contributed by atoms with Crippen LogP contribution in [0, 0.1) is 0 Å². The van der Waals surface area contributed by atoms with E-state index in [9.17, 15) is 0 Å². The van der Waals surface area contributed by atoms with Gasteiger partial charge in [-0.05, 0) is 30.2 Å². The zero-order valence-corrected chi connectivity index (χ0v) is 11.7. The summed E-state index contributed by atoms with van der Waals surface area (Å²) in [7, 11) is 0. The van der Waals surface area contributed by atoms with Crippen LogP contribution in [-0.2, 0) is 6.42 Å². The zero-order valence-electron chi connectivity index (χ0n) is 10.9. The third kappa shape index (κ3) is 2.61. The van der Waals surface area contributed by atoms with Crippen molar-refractivity contribution in [2.75, 3.05) is 5.32 Å². The van der Waals surface area contributed by atoms with Crippen molar-refractivity contribution in [1.82, 2.24) is 4.98 Å². The Bertz CT molecular complexity index is 655. The van der Waals surface area contributed by atoms with Crippen LogP contribution in [0.5, 0.6) is 0 Å². The summed E-state index contributed by atoms with van der Waals surface area (Å²) in [6.07, 6.45) is 2.24. The van der Waals surface area contributed by atoms with Crippen LogP contribution in [0.1, 0.15) is 18.9 Å². The molecule has 3 rings (SSSR count). The Hall–Kier alpha value is -1.87. The molecule has 0 fully saturated rings. The number of hydrogen-bond acceptors (Lipinski definition) is 3. The number of benzene rings is 2. The van der Waals surface area contributed by atoms with Crippen LogP contribution >= 0.6 is 11.3 Å². The Labute approximate surface area is 117 Å². The molecule has 0 radical (unpaired) electrons. The van der Waals surface area contributed by atoms with Gasteiger partial charge in [0.05, 0.1) is 10.2 Å². The molecule has 1 heterocycles. The first kappa shape index (κ1) is 12.2. The maximum atomic E-state index is 4.62. The van der Waals surface area contributed by atoms with Gasteiger partial charge in [0.25, 0.3) is 0 Å². The second kappa shape index (κ2) is 5.41. The summed E-state index contributed by atoms with van der Waals surface area (Å²) < 4.78 is 1.22. The van der Waals surface area contributed by atoms with E-state index in [0.29, 0.717) is 0 Å². The monoisotopic (exact) mass is 268 g/mol. The molecule has 1 aromatic heterocycles. The number of rotatable bonds is 4. The van der Waals surface area contributed by atoms with Crippen molar-refractivity contribution in [3.8, 4) is 0 Å². The molecule has 1 N–H and O–H groups in total. The van der Waals surface area contributed by atoms with Gasteiger partial charge in [0.1, 0.15) is 0 Å². The molecule has 19 heavy (non-hydrogen) atoms. The highest BCUT2D eigenvalue weighted by molar-refractivity contribution is 7.22. The summed E-state index contributed by atoms with van der Waals surface area (Å²) >= 11 is 1.70. The average molecular weight is 268 g/mol. The first-order valence-corrected chi connectivity index (χ1v) is 7.39. The van der Waals surface area contributed by atoms with Crippen LogP contribution in [0.25, 0.3) is 10.2 Å². The molecular weight excluding hydrogens is 252 g/mol. The van der Waals surface area contributed by atoms with Crippen molar-refractivity contribution < 1.29 is 0 Å². The fourth-order valence-corrected chi connectivity index (χ4v) is 3.05. The van der Waals surface area contributed by atoms with Gasteiger partial charge in [-0.3, -0.25) is 0 Å². The Balaban J connectivity index is 1.92. The number of nitrogens with one attached hydrogen (secondary N) is 1. The lowest BCUT2D eigenvalue weighted by Crippen LogP contribution is -1.95. The fraction of sp³-hybridized carbons (Fsp3) is 0.188. The molecule has 0 saturated carbocycles. The third-order valence-electron chi connectivity index (χ3n) is 3.07. The lowest BCUT2D eigenvalue weighted by Gasteiger charge is -2.08. The molecule has 0 saturated heterocycles. The van der Waals surface area contributed by atoms with Crippen LogP contribution < -0.4 is 5.32 Å². The first-order valence-electron chi connectivity index (χ1n) is 6.57. The molecule has 2 nitrogen and oxygen atoms in total. The van der Waals surface area contributed by atoms with Crippen molar-refractivity contribution >= 4 is 32.4 Å². The van der Waals surface area contributed by atoms with E-state index in [1.54, 1.807) is 11.3 Å². The fourth-order valence-electron chi connectivity index (χ4n) is 2.17. The standard InChI is InChI=1S/C16H16N2S/c1-2-7-12-8-3-4-9-13(12)17-16-18-14-10-5-6-11-15(14)19-16/h3-6,8-11H,2,7H2,1H3,(H,17,18). The molecule has 3 heteroatoms. The second-order valence-electron chi connectivity index (χ2n) is 4.52. The molecule has 0 spiro atoms. The molecule has 0 aliphatic heterocycles. The highest BCUT2D eigenvalue weighted by atomic mass is 32.1. The Kier molecular flexibility index (Phi) is 3.47. The van der Waals surface area contributed by atoms with E-state index in [1.165, 1.54) is 16.0 Å². The normalized spacial score (nSPS) is 10.8. The minimum Gasteiger partial charge on any atom is -0.331 e. The van der Waals surface area contributed by atoms with Crippen molar-refractivity contribution in [1.29, 1.82) is 0 Å². The second-order valence-corrected chi connectivity index (χ2v) is 5.55. The van der Waals surface area contributed by atoms with E-state index < -0.39 is 0 Å². The Morgan fingerprint density at radius 3 is 2.68 bits per heavy atom. The molecule has 0 aliphatic rings. The van der Waals surface area contributed by atoms with Crippen molar-refractivity contribution in [2.45, 2.75) is 19.8 Å². The molecule has 0 amide bonds. The van der Waals surface area contributed by atoms with Gasteiger partial charge in [-0.2, -0.15) is 0 Å². The van der Waals surface area contributed by atoms with Gasteiger partial charge in [-0.25, -0.2) is 4.98 Å². The van der Waals surface area contributed by atoms with Gasteiger partial charge < -0.3 is 5.32 Å². The predicted octanol–water partition coefficient (Wildman–Crippen LogP) is 4.99. The third-order valence-corrected chi connectivity index (χ3v) is 4.02. The summed E-state index contributed by atoms with van der Waals surface area (Å²) in [5.41, 5.74) is 3.58. The lowest BCUT2D eigenvalue weighted by atomic mass is 10.1. The molecule has 2 aromatic carbocycles. The van der Waals surface area contributed by atoms with Gasteiger partial charge in [0, 0.05) is 5.69 Å². The van der Waals surface area contributed by atoms with Crippen molar-refractivity contribution in [3.63, 3.8) is 0 Å². The van der Waals surface area contributed by atoms with E-state index in [0.717, 1.165) is 23.5 Å². The number of fused-ring (bicyclic) bond motifs is 1. The van der Waals surface area contributed by atoms with Crippen LogP contribution in [-0.4, -0.2) is 4.98 Å². The summed E-state index contributed by atoms with van der Waals surface area (Å²) in [5, 5.41) is 4.42. The minimum atomic E-state index is 0.963. The van der Waals surface area contributed by atoms with Crippen molar-refractivity contribution in [3.05, 3.63) is 54.1 Å². The maximum Gasteiger partial charge on any atom is 0.188 e. The van der Waals surface area contributed by atoms with Crippen LogP contribution in [0.3, 0.4) is 0 Å². The summed E-state index contributed by atoms with van der Waals surface area (Å²) in [6.45, 7) is 2.20. The average Bonchev–Trinajstić information content (AvgIpc) is 2.83. The molecule has 0 unspecified atom stereocenters. The van der Waals surface area contributed by atoms with Gasteiger partial charge in [0.2, 0.25) is 0 Å². The highest BCUT2D eigenvalue weighted by Crippen LogP contribution is 2.29. The molecule has 3 aromatic rings. The van der Waals surface area contributed by atoms with Crippen LogP contribution in [0.2, 0.25) is 0 Å². The quantitative estimate of drug-likeness (QED) is 0.721. The van der Waals surface area contributed by atoms with Gasteiger partial charge in [-0.1, -0.05) is 55.0 Å².